The molecule has 4 aliphatic carbocycles. The maximum atomic E-state index is 13.7. The third kappa shape index (κ3) is 2.98. The van der Waals surface area contributed by atoms with Crippen molar-refractivity contribution in [3.8, 4) is 0 Å². The molecule has 8 rings (SSSR count). The van der Waals surface area contributed by atoms with Gasteiger partial charge >= 0.3 is 0 Å². The van der Waals surface area contributed by atoms with E-state index in [1.165, 1.54) is 9.80 Å². The molecule has 0 aromatic heterocycles. The smallest absolute Gasteiger partial charge is 0.238 e. The maximum absolute atomic E-state index is 13.7. The van der Waals surface area contributed by atoms with Crippen LogP contribution in [0.25, 0.3) is 0 Å². The van der Waals surface area contributed by atoms with E-state index in [4.69, 9.17) is 10.4 Å². The van der Waals surface area contributed by atoms with E-state index in [1.54, 1.807) is 62.4 Å². The molecular weight excluding hydrogens is 512 g/mol. The standard InChI is InChI=1S/C30H26N4O6/c1-13(31-39)15-3-7-17(8-4-15)33-27(35)23-19-11-12-20(24(23)28(33)36)22-21(19)25-26(22)30(38)34(29(25)37)18-9-5-16(6-10-18)14(2)32-40/h3-12,19-26,39-40H,1-2H3/b31-13+,32-14-/t19-,20+,21-,22-,23+,24-,25+,26-/m0/s1. The molecule has 10 heteroatoms. The second-order valence-corrected chi connectivity index (χ2v) is 11.3. The monoisotopic (exact) mass is 538 g/mol. The Hall–Kier alpha value is -4.60. The van der Waals surface area contributed by atoms with Crippen molar-refractivity contribution in [3.05, 3.63) is 71.8 Å². The number of imide groups is 2. The molecule has 8 atom stereocenters. The molecule has 0 spiro atoms. The summed E-state index contributed by atoms with van der Waals surface area (Å²) in [5.41, 5.74) is 3.08. The van der Waals surface area contributed by atoms with Crippen LogP contribution in [0.2, 0.25) is 0 Å². The molecule has 0 radical (unpaired) electrons. The third-order valence-corrected chi connectivity index (χ3v) is 9.73. The van der Waals surface area contributed by atoms with Gasteiger partial charge < -0.3 is 10.4 Å². The Morgan fingerprint density at radius 2 is 0.900 bits per heavy atom. The molecule has 6 aliphatic rings. The van der Waals surface area contributed by atoms with Gasteiger partial charge in [-0.1, -0.05) is 46.7 Å². The van der Waals surface area contributed by atoms with Gasteiger partial charge in [0.05, 0.1) is 46.5 Å². The fraction of sp³-hybridized carbons (Fsp3) is 0.333. The Morgan fingerprint density at radius 3 is 1.23 bits per heavy atom. The summed E-state index contributed by atoms with van der Waals surface area (Å²) in [6, 6.07) is 13.5. The summed E-state index contributed by atoms with van der Waals surface area (Å²) in [6.45, 7) is 3.30. The SMILES string of the molecule is C/C(=N/O)c1ccc(N2C(=O)[C@@H]3[C@H](C2=O)[C@H]2[C@@H]4C=C[C@@H]([C@@H]5C(=O)N(c6ccc(/C(C)=N/O)cc6)C(=O)[C@H]45)[C@H]32)cc1. The van der Waals surface area contributed by atoms with Crippen LogP contribution in [0.15, 0.2) is 71.0 Å². The number of allylic oxidation sites excluding steroid dienone is 2. The van der Waals surface area contributed by atoms with Crippen molar-refractivity contribution in [2.75, 3.05) is 9.80 Å². The topological polar surface area (TPSA) is 140 Å². The Balaban J connectivity index is 1.18. The zero-order valence-electron chi connectivity index (χ0n) is 21.7. The second kappa shape index (κ2) is 8.45. The van der Waals surface area contributed by atoms with Gasteiger partial charge in [-0.25, -0.2) is 0 Å². The van der Waals surface area contributed by atoms with E-state index in [2.05, 4.69) is 10.3 Å². The molecule has 2 saturated heterocycles. The van der Waals surface area contributed by atoms with Crippen molar-refractivity contribution in [2.24, 2.45) is 57.7 Å². The Bertz CT molecular complexity index is 1520. The van der Waals surface area contributed by atoms with E-state index in [-0.39, 0.29) is 47.3 Å². The minimum atomic E-state index is -0.568. The first-order valence-electron chi connectivity index (χ1n) is 13.3. The highest BCUT2D eigenvalue weighted by Gasteiger charge is 2.75. The quantitative estimate of drug-likeness (QED) is 0.202. The van der Waals surface area contributed by atoms with Gasteiger partial charge in [-0.2, -0.15) is 0 Å². The van der Waals surface area contributed by atoms with Crippen LogP contribution in [0.1, 0.15) is 25.0 Å². The summed E-state index contributed by atoms with van der Waals surface area (Å²) in [5, 5.41) is 24.5. The molecule has 2 N–H and O–H groups in total. The van der Waals surface area contributed by atoms with Crippen LogP contribution in [0.4, 0.5) is 11.4 Å². The number of hydrogen-bond donors (Lipinski definition) is 2. The Labute approximate surface area is 229 Å². The lowest BCUT2D eigenvalue weighted by molar-refractivity contribution is -0.166. The summed E-state index contributed by atoms with van der Waals surface area (Å²) in [4.78, 5) is 57.3. The summed E-state index contributed by atoms with van der Waals surface area (Å²) in [7, 11) is 0. The van der Waals surface area contributed by atoms with Gasteiger partial charge in [0.25, 0.3) is 0 Å². The fourth-order valence-corrected chi connectivity index (χ4v) is 7.93. The zero-order valence-corrected chi connectivity index (χ0v) is 21.7. The molecular formula is C30H26N4O6. The summed E-state index contributed by atoms with van der Waals surface area (Å²) in [6.07, 6.45) is 3.96. The van der Waals surface area contributed by atoms with Crippen LogP contribution in [-0.4, -0.2) is 45.5 Å². The fourth-order valence-electron chi connectivity index (χ4n) is 7.93. The van der Waals surface area contributed by atoms with Gasteiger partial charge in [0.1, 0.15) is 0 Å². The molecule has 4 amide bonds. The van der Waals surface area contributed by atoms with Crippen molar-refractivity contribution >= 4 is 46.4 Å². The van der Waals surface area contributed by atoms with E-state index in [9.17, 15) is 19.2 Å². The largest absolute Gasteiger partial charge is 0.411 e. The lowest BCUT2D eigenvalue weighted by Gasteiger charge is -2.60. The average molecular weight is 539 g/mol. The first-order valence-corrected chi connectivity index (χ1v) is 13.3. The summed E-state index contributed by atoms with van der Waals surface area (Å²) in [5.74, 6) is -4.20. The van der Waals surface area contributed by atoms with Gasteiger partial charge in [-0.3, -0.25) is 29.0 Å². The molecule has 202 valence electrons. The molecule has 40 heavy (non-hydrogen) atoms. The molecule has 2 bridgehead atoms. The van der Waals surface area contributed by atoms with Gasteiger partial charge in [0.2, 0.25) is 23.6 Å². The van der Waals surface area contributed by atoms with Crippen molar-refractivity contribution in [1.29, 1.82) is 0 Å². The van der Waals surface area contributed by atoms with Crippen LogP contribution in [0.5, 0.6) is 0 Å². The van der Waals surface area contributed by atoms with E-state index >= 15 is 0 Å². The maximum Gasteiger partial charge on any atom is 0.238 e. The van der Waals surface area contributed by atoms with Crippen LogP contribution >= 0.6 is 0 Å². The van der Waals surface area contributed by atoms with Gasteiger partial charge in [0, 0.05) is 0 Å². The van der Waals surface area contributed by atoms with E-state index in [0.717, 1.165) is 0 Å². The zero-order chi connectivity index (χ0) is 28.0. The normalized spacial score (nSPS) is 34.2. The van der Waals surface area contributed by atoms with Gasteiger partial charge in [-0.15, -0.1) is 0 Å². The number of hydrogen-bond acceptors (Lipinski definition) is 8. The van der Waals surface area contributed by atoms with Crippen molar-refractivity contribution in [3.63, 3.8) is 0 Å². The van der Waals surface area contributed by atoms with Crippen molar-refractivity contribution in [2.45, 2.75) is 13.8 Å². The summed E-state index contributed by atoms with van der Waals surface area (Å²) < 4.78 is 0. The number of anilines is 2. The van der Waals surface area contributed by atoms with E-state index < -0.39 is 23.7 Å². The first kappa shape index (κ1) is 24.4. The molecule has 2 aliphatic heterocycles. The predicted molar refractivity (Wildman–Crippen MR) is 143 cm³/mol. The third-order valence-electron chi connectivity index (χ3n) is 9.73. The lowest BCUT2D eigenvalue weighted by Crippen LogP contribution is -2.63. The molecule has 10 nitrogen and oxygen atoms in total. The van der Waals surface area contributed by atoms with Crippen molar-refractivity contribution in [1.82, 2.24) is 0 Å². The highest BCUT2D eigenvalue weighted by Crippen LogP contribution is 2.68. The van der Waals surface area contributed by atoms with Crippen LogP contribution < -0.4 is 9.80 Å². The number of carbonyl (C=O) groups excluding carboxylic acids is 4. The number of fused-ring (bicyclic) bond motifs is 1. The van der Waals surface area contributed by atoms with E-state index in [1.807, 2.05) is 12.2 Å². The second-order valence-electron chi connectivity index (χ2n) is 11.3. The highest BCUT2D eigenvalue weighted by molar-refractivity contribution is 6.25. The van der Waals surface area contributed by atoms with Gasteiger partial charge in [0.15, 0.2) is 0 Å². The number of oxime groups is 2. The number of amides is 4. The minimum Gasteiger partial charge on any atom is -0.411 e. The van der Waals surface area contributed by atoms with Gasteiger partial charge in [-0.05, 0) is 72.9 Å². The number of rotatable bonds is 4. The summed E-state index contributed by atoms with van der Waals surface area (Å²) >= 11 is 0. The number of nitrogens with zero attached hydrogens (tertiary/aromatic N) is 4. The first-order chi connectivity index (χ1) is 19.3. The predicted octanol–water partition coefficient (Wildman–Crippen LogP) is 3.06. The molecule has 2 saturated carbocycles. The number of carbonyl (C=O) groups is 4. The molecule has 0 unspecified atom stereocenters. The molecule has 2 heterocycles. The lowest BCUT2D eigenvalue weighted by atomic mass is 9.40. The van der Waals surface area contributed by atoms with Crippen molar-refractivity contribution < 1.29 is 29.6 Å². The minimum absolute atomic E-state index is 0.173. The molecule has 2 aromatic carbocycles. The van der Waals surface area contributed by atoms with Crippen LogP contribution in [-0.2, 0) is 19.2 Å². The molecule has 4 fully saturated rings. The Kier molecular flexibility index (Phi) is 5.16. The molecule has 2 aromatic rings. The highest BCUT2D eigenvalue weighted by atomic mass is 16.4. The van der Waals surface area contributed by atoms with Crippen LogP contribution in [0.3, 0.4) is 0 Å². The van der Waals surface area contributed by atoms with Crippen LogP contribution in [0, 0.1) is 47.3 Å². The number of benzene rings is 2. The Morgan fingerprint density at radius 1 is 0.575 bits per heavy atom. The average Bonchev–Trinajstić information content (AvgIpc) is 3.35. The van der Waals surface area contributed by atoms with E-state index in [0.29, 0.717) is 33.9 Å².